The highest BCUT2D eigenvalue weighted by Crippen LogP contribution is 2.26. The van der Waals surface area contributed by atoms with E-state index in [4.69, 9.17) is 0 Å². The summed E-state index contributed by atoms with van der Waals surface area (Å²) in [5.41, 5.74) is 1.77. The van der Waals surface area contributed by atoms with Gasteiger partial charge >= 0.3 is 0 Å². The number of rotatable bonds is 5. The SMILES string of the molecule is CNCc1cccc(F)c1N(C)CC1CCN(C)C1. The van der Waals surface area contributed by atoms with E-state index in [1.165, 1.54) is 6.42 Å². The Balaban J connectivity index is 2.11. The highest BCUT2D eigenvalue weighted by Gasteiger charge is 2.22. The van der Waals surface area contributed by atoms with Crippen LogP contribution in [0.5, 0.6) is 0 Å². The molecule has 0 bridgehead atoms. The van der Waals surface area contributed by atoms with Crippen molar-refractivity contribution >= 4 is 5.69 Å². The first-order valence-corrected chi connectivity index (χ1v) is 6.93. The number of hydrogen-bond acceptors (Lipinski definition) is 3. The zero-order chi connectivity index (χ0) is 13.8. The van der Waals surface area contributed by atoms with E-state index in [9.17, 15) is 4.39 Å². The number of anilines is 1. The van der Waals surface area contributed by atoms with E-state index in [0.29, 0.717) is 12.5 Å². The Bertz CT molecular complexity index is 422. The Hall–Kier alpha value is -1.13. The Morgan fingerprint density at radius 2 is 2.26 bits per heavy atom. The van der Waals surface area contributed by atoms with Crippen molar-refractivity contribution < 1.29 is 4.39 Å². The predicted octanol–water partition coefficient (Wildman–Crippen LogP) is 1.93. The van der Waals surface area contributed by atoms with Gasteiger partial charge in [0.25, 0.3) is 0 Å². The molecule has 0 saturated carbocycles. The van der Waals surface area contributed by atoms with Crippen LogP contribution >= 0.6 is 0 Å². The smallest absolute Gasteiger partial charge is 0.146 e. The number of halogens is 1. The van der Waals surface area contributed by atoms with Crippen LogP contribution in [-0.4, -0.2) is 45.7 Å². The van der Waals surface area contributed by atoms with E-state index in [-0.39, 0.29) is 5.82 Å². The monoisotopic (exact) mass is 265 g/mol. The van der Waals surface area contributed by atoms with E-state index < -0.39 is 0 Å². The molecule has 1 N–H and O–H groups in total. The lowest BCUT2D eigenvalue weighted by Crippen LogP contribution is -2.29. The molecule has 2 rings (SSSR count). The van der Waals surface area contributed by atoms with Crippen LogP contribution in [0.2, 0.25) is 0 Å². The third-order valence-corrected chi connectivity index (χ3v) is 3.84. The molecule has 106 valence electrons. The highest BCUT2D eigenvalue weighted by molar-refractivity contribution is 5.54. The summed E-state index contributed by atoms with van der Waals surface area (Å²) in [5, 5.41) is 3.11. The topological polar surface area (TPSA) is 18.5 Å². The molecule has 4 heteroatoms. The number of nitrogens with zero attached hydrogens (tertiary/aromatic N) is 2. The van der Waals surface area contributed by atoms with Crippen LogP contribution < -0.4 is 10.2 Å². The standard InChI is InChI=1S/C15H24FN3/c1-17-9-13-5-4-6-14(16)15(13)19(3)11-12-7-8-18(2)10-12/h4-6,12,17H,7-11H2,1-3H3. The molecule has 3 nitrogen and oxygen atoms in total. The Morgan fingerprint density at radius 3 is 2.89 bits per heavy atom. The van der Waals surface area contributed by atoms with E-state index >= 15 is 0 Å². The Labute approximate surface area is 115 Å². The van der Waals surface area contributed by atoms with Gasteiger partial charge in [-0.25, -0.2) is 4.39 Å². The van der Waals surface area contributed by atoms with Crippen molar-refractivity contribution in [2.24, 2.45) is 5.92 Å². The molecule has 0 aliphatic carbocycles. The lowest BCUT2D eigenvalue weighted by Gasteiger charge is -2.26. The van der Waals surface area contributed by atoms with Gasteiger partial charge in [-0.3, -0.25) is 0 Å². The van der Waals surface area contributed by atoms with E-state index in [2.05, 4.69) is 22.2 Å². The van der Waals surface area contributed by atoms with Crippen molar-refractivity contribution in [1.29, 1.82) is 0 Å². The van der Waals surface area contributed by atoms with Crippen LogP contribution in [0.1, 0.15) is 12.0 Å². The molecule has 1 aromatic rings. The average molecular weight is 265 g/mol. The fourth-order valence-electron chi connectivity index (χ4n) is 2.97. The second-order valence-corrected chi connectivity index (χ2v) is 5.58. The Kier molecular flexibility index (Phi) is 4.77. The van der Waals surface area contributed by atoms with E-state index in [0.717, 1.165) is 30.9 Å². The Morgan fingerprint density at radius 1 is 1.47 bits per heavy atom. The van der Waals surface area contributed by atoms with Gasteiger partial charge in [-0.15, -0.1) is 0 Å². The normalized spacial score (nSPS) is 19.9. The van der Waals surface area contributed by atoms with Crippen molar-refractivity contribution in [3.05, 3.63) is 29.6 Å². The molecule has 0 radical (unpaired) electrons. The minimum atomic E-state index is -0.124. The number of likely N-dealkylation sites (tertiary alicyclic amines) is 1. The predicted molar refractivity (Wildman–Crippen MR) is 78.0 cm³/mol. The summed E-state index contributed by atoms with van der Waals surface area (Å²) in [7, 11) is 6.03. The molecule has 1 aliphatic rings. The largest absolute Gasteiger partial charge is 0.372 e. The van der Waals surface area contributed by atoms with Gasteiger partial charge in [0, 0.05) is 26.7 Å². The molecular weight excluding hydrogens is 241 g/mol. The molecule has 1 aliphatic heterocycles. The van der Waals surface area contributed by atoms with E-state index in [1.807, 2.05) is 20.2 Å². The molecule has 1 atom stereocenters. The number of para-hydroxylation sites is 1. The van der Waals surface area contributed by atoms with Crippen LogP contribution in [0.25, 0.3) is 0 Å². The number of benzene rings is 1. The molecule has 0 aromatic heterocycles. The fraction of sp³-hybridized carbons (Fsp3) is 0.600. The first-order chi connectivity index (χ1) is 9.11. The summed E-state index contributed by atoms with van der Waals surface area (Å²) in [6.07, 6.45) is 1.21. The molecule has 1 unspecified atom stereocenters. The quantitative estimate of drug-likeness (QED) is 0.877. The summed E-state index contributed by atoms with van der Waals surface area (Å²) >= 11 is 0. The minimum absolute atomic E-state index is 0.124. The highest BCUT2D eigenvalue weighted by atomic mass is 19.1. The van der Waals surface area contributed by atoms with Crippen molar-refractivity contribution in [3.63, 3.8) is 0 Å². The molecule has 0 spiro atoms. The van der Waals surface area contributed by atoms with Crippen molar-refractivity contribution in [1.82, 2.24) is 10.2 Å². The summed E-state index contributed by atoms with van der Waals surface area (Å²) < 4.78 is 14.1. The van der Waals surface area contributed by atoms with Crippen molar-refractivity contribution in [3.8, 4) is 0 Å². The van der Waals surface area contributed by atoms with Gasteiger partial charge in [-0.05, 0) is 44.6 Å². The molecule has 19 heavy (non-hydrogen) atoms. The molecule has 1 saturated heterocycles. The summed E-state index contributed by atoms with van der Waals surface area (Å²) in [6.45, 7) is 3.88. The van der Waals surface area contributed by atoms with Crippen LogP contribution in [0, 0.1) is 11.7 Å². The maximum atomic E-state index is 14.1. The molecule has 1 aromatic carbocycles. The second-order valence-electron chi connectivity index (χ2n) is 5.58. The van der Waals surface area contributed by atoms with Gasteiger partial charge < -0.3 is 15.1 Å². The molecule has 1 heterocycles. The van der Waals surface area contributed by atoms with Gasteiger partial charge in [-0.2, -0.15) is 0 Å². The van der Waals surface area contributed by atoms with Gasteiger partial charge in [-0.1, -0.05) is 12.1 Å². The summed E-state index contributed by atoms with van der Waals surface area (Å²) in [6, 6.07) is 5.32. The third-order valence-electron chi connectivity index (χ3n) is 3.84. The van der Waals surface area contributed by atoms with Crippen molar-refractivity contribution in [2.75, 3.05) is 45.7 Å². The van der Waals surface area contributed by atoms with Crippen LogP contribution in [-0.2, 0) is 6.54 Å². The second kappa shape index (κ2) is 6.35. The molecular formula is C15H24FN3. The maximum absolute atomic E-state index is 14.1. The molecule has 1 fully saturated rings. The lowest BCUT2D eigenvalue weighted by molar-refractivity contribution is 0.395. The number of nitrogens with one attached hydrogen (secondary N) is 1. The lowest BCUT2D eigenvalue weighted by atomic mass is 10.1. The number of hydrogen-bond donors (Lipinski definition) is 1. The van der Waals surface area contributed by atoms with E-state index in [1.54, 1.807) is 12.1 Å². The van der Waals surface area contributed by atoms with Crippen LogP contribution in [0.15, 0.2) is 18.2 Å². The maximum Gasteiger partial charge on any atom is 0.146 e. The zero-order valence-electron chi connectivity index (χ0n) is 12.1. The first kappa shape index (κ1) is 14.3. The van der Waals surface area contributed by atoms with Crippen LogP contribution in [0.3, 0.4) is 0 Å². The molecule has 0 amide bonds. The van der Waals surface area contributed by atoms with Gasteiger partial charge in [0.15, 0.2) is 0 Å². The zero-order valence-corrected chi connectivity index (χ0v) is 12.1. The van der Waals surface area contributed by atoms with Crippen molar-refractivity contribution in [2.45, 2.75) is 13.0 Å². The minimum Gasteiger partial charge on any atom is -0.372 e. The third kappa shape index (κ3) is 3.45. The average Bonchev–Trinajstić information content (AvgIpc) is 2.75. The van der Waals surface area contributed by atoms with Gasteiger partial charge in [0.2, 0.25) is 0 Å². The fourth-order valence-corrected chi connectivity index (χ4v) is 2.97. The van der Waals surface area contributed by atoms with Gasteiger partial charge in [0.1, 0.15) is 5.82 Å². The summed E-state index contributed by atoms with van der Waals surface area (Å²) in [4.78, 5) is 4.42. The summed E-state index contributed by atoms with van der Waals surface area (Å²) in [5.74, 6) is 0.513. The van der Waals surface area contributed by atoms with Crippen LogP contribution in [0.4, 0.5) is 10.1 Å². The van der Waals surface area contributed by atoms with Gasteiger partial charge in [0.05, 0.1) is 5.69 Å². The first-order valence-electron chi connectivity index (χ1n) is 6.93.